The van der Waals surface area contributed by atoms with Crippen molar-refractivity contribution in [2.75, 3.05) is 0 Å². The number of carboxylic acid groups (broad SMARTS) is 1. The number of aromatic nitrogens is 2. The molecular formula is C8H6F2N2O2S. The molecular weight excluding hydrogens is 226 g/mol. The highest BCUT2D eigenvalue weighted by Gasteiger charge is 2.21. The van der Waals surface area contributed by atoms with E-state index >= 15 is 0 Å². The Labute approximate surface area is 86.7 Å². The summed E-state index contributed by atoms with van der Waals surface area (Å²) in [5, 5.41) is 12.6. The second-order valence-electron chi connectivity index (χ2n) is 2.94. The number of nitrogens with zero attached hydrogens (tertiary/aromatic N) is 2. The fourth-order valence-electron chi connectivity index (χ4n) is 1.33. The summed E-state index contributed by atoms with van der Waals surface area (Å²) in [5.74, 6) is -1.11. The number of rotatable bonds is 2. The molecule has 0 spiro atoms. The van der Waals surface area contributed by atoms with Crippen molar-refractivity contribution >= 4 is 27.5 Å². The van der Waals surface area contributed by atoms with Gasteiger partial charge in [0.25, 0.3) is 6.43 Å². The lowest BCUT2D eigenvalue weighted by atomic mass is 10.3. The van der Waals surface area contributed by atoms with Gasteiger partial charge in [-0.15, -0.1) is 11.3 Å². The summed E-state index contributed by atoms with van der Waals surface area (Å²) in [4.78, 5) is 11.1. The first-order valence-electron chi connectivity index (χ1n) is 3.98. The first kappa shape index (κ1) is 10.0. The van der Waals surface area contributed by atoms with Crippen LogP contribution in [0.5, 0.6) is 0 Å². The van der Waals surface area contributed by atoms with Gasteiger partial charge < -0.3 is 5.11 Å². The standard InChI is InChI=1S/C8H6F2N2O2S/c1-12-7-3(5(11-12)6(9)10)2-4(15-7)8(13)14/h2,6H,1H3,(H,13,14). The maximum absolute atomic E-state index is 12.5. The van der Waals surface area contributed by atoms with Gasteiger partial charge in [-0.3, -0.25) is 4.68 Å². The Morgan fingerprint density at radius 1 is 1.67 bits per heavy atom. The molecule has 80 valence electrons. The van der Waals surface area contributed by atoms with Crippen molar-refractivity contribution in [2.24, 2.45) is 7.05 Å². The molecule has 2 aromatic rings. The van der Waals surface area contributed by atoms with Crippen LogP contribution in [-0.4, -0.2) is 20.9 Å². The lowest BCUT2D eigenvalue weighted by Crippen LogP contribution is -1.94. The van der Waals surface area contributed by atoms with Gasteiger partial charge in [-0.05, 0) is 6.07 Å². The minimum Gasteiger partial charge on any atom is -0.477 e. The van der Waals surface area contributed by atoms with Crippen LogP contribution in [0, 0.1) is 0 Å². The number of fused-ring (bicyclic) bond motifs is 1. The Balaban J connectivity index is 2.70. The minimum atomic E-state index is -2.69. The molecule has 0 aliphatic heterocycles. The van der Waals surface area contributed by atoms with Gasteiger partial charge in [0.05, 0.1) is 0 Å². The van der Waals surface area contributed by atoms with E-state index in [1.807, 2.05) is 0 Å². The first-order valence-corrected chi connectivity index (χ1v) is 4.80. The molecule has 0 fully saturated rings. The molecule has 0 aromatic carbocycles. The summed E-state index contributed by atoms with van der Waals surface area (Å²) >= 11 is 0.938. The summed E-state index contributed by atoms with van der Waals surface area (Å²) in [6.45, 7) is 0. The number of halogens is 2. The van der Waals surface area contributed by atoms with Crippen LogP contribution in [0.1, 0.15) is 21.8 Å². The third kappa shape index (κ3) is 1.48. The molecule has 0 aliphatic rings. The van der Waals surface area contributed by atoms with Crippen molar-refractivity contribution in [3.8, 4) is 0 Å². The number of thiophene rings is 1. The number of carbonyl (C=O) groups is 1. The summed E-state index contributed by atoms with van der Waals surface area (Å²) in [6, 6.07) is 1.23. The normalized spacial score (nSPS) is 11.5. The van der Waals surface area contributed by atoms with Crippen LogP contribution in [0.3, 0.4) is 0 Å². The van der Waals surface area contributed by atoms with Crippen molar-refractivity contribution in [3.63, 3.8) is 0 Å². The highest BCUT2D eigenvalue weighted by Crippen LogP contribution is 2.32. The number of aryl methyl sites for hydroxylation is 1. The predicted molar refractivity (Wildman–Crippen MR) is 50.5 cm³/mol. The first-order chi connectivity index (χ1) is 7.00. The number of hydrogen-bond donors (Lipinski definition) is 1. The van der Waals surface area contributed by atoms with E-state index < -0.39 is 12.4 Å². The van der Waals surface area contributed by atoms with Gasteiger partial charge in [0.1, 0.15) is 15.4 Å². The van der Waals surface area contributed by atoms with Crippen LogP contribution in [-0.2, 0) is 7.05 Å². The molecule has 4 nitrogen and oxygen atoms in total. The molecule has 0 amide bonds. The largest absolute Gasteiger partial charge is 0.477 e. The van der Waals surface area contributed by atoms with E-state index in [1.165, 1.54) is 17.8 Å². The summed E-state index contributed by atoms with van der Waals surface area (Å²) in [6.07, 6.45) is -2.69. The lowest BCUT2D eigenvalue weighted by Gasteiger charge is -1.91. The molecule has 0 saturated carbocycles. The minimum absolute atomic E-state index is 0.0416. The topological polar surface area (TPSA) is 55.1 Å². The van der Waals surface area contributed by atoms with Crippen LogP contribution < -0.4 is 0 Å². The van der Waals surface area contributed by atoms with Gasteiger partial charge in [0.15, 0.2) is 0 Å². The highest BCUT2D eigenvalue weighted by atomic mass is 32.1. The van der Waals surface area contributed by atoms with E-state index in [9.17, 15) is 13.6 Å². The number of aromatic carboxylic acids is 1. The molecule has 0 saturated heterocycles. The fourth-order valence-corrected chi connectivity index (χ4v) is 2.25. The molecule has 0 unspecified atom stereocenters. The number of alkyl halides is 2. The third-order valence-corrected chi connectivity index (χ3v) is 3.15. The van der Waals surface area contributed by atoms with Crippen LogP contribution >= 0.6 is 11.3 Å². The quantitative estimate of drug-likeness (QED) is 0.864. The zero-order valence-electron chi connectivity index (χ0n) is 7.57. The van der Waals surface area contributed by atoms with Gasteiger partial charge in [-0.25, -0.2) is 13.6 Å². The van der Waals surface area contributed by atoms with Crippen LogP contribution in [0.15, 0.2) is 6.07 Å². The maximum atomic E-state index is 12.5. The summed E-state index contributed by atoms with van der Waals surface area (Å²) < 4.78 is 26.3. The zero-order valence-corrected chi connectivity index (χ0v) is 8.39. The molecule has 7 heteroatoms. The lowest BCUT2D eigenvalue weighted by molar-refractivity contribution is 0.0702. The van der Waals surface area contributed by atoms with Gasteiger partial charge in [-0.2, -0.15) is 5.10 Å². The number of carboxylic acids is 1. The highest BCUT2D eigenvalue weighted by molar-refractivity contribution is 7.20. The molecule has 2 aromatic heterocycles. The van der Waals surface area contributed by atoms with Crippen LogP contribution in [0.2, 0.25) is 0 Å². The van der Waals surface area contributed by atoms with Gasteiger partial charge in [-0.1, -0.05) is 0 Å². The smallest absolute Gasteiger partial charge is 0.345 e. The van der Waals surface area contributed by atoms with Crippen molar-refractivity contribution in [3.05, 3.63) is 16.6 Å². The SMILES string of the molecule is Cn1nc(C(F)F)c2cc(C(=O)O)sc21. The average Bonchev–Trinajstić information content (AvgIpc) is 2.66. The van der Waals surface area contributed by atoms with Crippen LogP contribution in [0.25, 0.3) is 10.2 Å². The van der Waals surface area contributed by atoms with Gasteiger partial charge in [0, 0.05) is 12.4 Å². The molecule has 0 bridgehead atoms. The molecule has 0 radical (unpaired) electrons. The van der Waals surface area contributed by atoms with E-state index in [4.69, 9.17) is 5.11 Å². The van der Waals surface area contributed by atoms with E-state index in [0.29, 0.717) is 4.83 Å². The van der Waals surface area contributed by atoms with Gasteiger partial charge in [0.2, 0.25) is 0 Å². The second kappa shape index (κ2) is 3.27. The van der Waals surface area contributed by atoms with Gasteiger partial charge >= 0.3 is 5.97 Å². The molecule has 1 N–H and O–H groups in total. The Bertz CT molecular complexity index is 532. The summed E-state index contributed by atoms with van der Waals surface area (Å²) in [7, 11) is 1.51. The molecule has 2 rings (SSSR count). The van der Waals surface area contributed by atoms with Crippen molar-refractivity contribution in [1.29, 1.82) is 0 Å². The van der Waals surface area contributed by atoms with E-state index in [-0.39, 0.29) is 16.0 Å². The second-order valence-corrected chi connectivity index (χ2v) is 3.97. The number of hydrogen-bond acceptors (Lipinski definition) is 3. The molecule has 0 aliphatic carbocycles. The predicted octanol–water partition coefficient (Wildman–Crippen LogP) is 2.27. The fraction of sp³-hybridized carbons (Fsp3) is 0.250. The monoisotopic (exact) mass is 232 g/mol. The Hall–Kier alpha value is -1.50. The Morgan fingerprint density at radius 3 is 2.87 bits per heavy atom. The van der Waals surface area contributed by atoms with Crippen molar-refractivity contribution < 1.29 is 18.7 Å². The molecule has 15 heavy (non-hydrogen) atoms. The summed E-state index contributed by atoms with van der Waals surface area (Å²) in [5.41, 5.74) is -0.365. The maximum Gasteiger partial charge on any atom is 0.345 e. The van der Waals surface area contributed by atoms with E-state index in [0.717, 1.165) is 11.3 Å². The van der Waals surface area contributed by atoms with E-state index in [1.54, 1.807) is 0 Å². The molecule has 2 heterocycles. The molecule has 0 atom stereocenters. The van der Waals surface area contributed by atoms with Crippen LogP contribution in [0.4, 0.5) is 8.78 Å². The average molecular weight is 232 g/mol. The third-order valence-electron chi connectivity index (χ3n) is 1.96. The Morgan fingerprint density at radius 2 is 2.33 bits per heavy atom. The van der Waals surface area contributed by atoms with Crippen molar-refractivity contribution in [1.82, 2.24) is 9.78 Å². The van der Waals surface area contributed by atoms with E-state index in [2.05, 4.69) is 5.10 Å². The zero-order chi connectivity index (χ0) is 11.2. The Kier molecular flexibility index (Phi) is 2.18. The van der Waals surface area contributed by atoms with Crippen molar-refractivity contribution in [2.45, 2.75) is 6.43 Å².